The summed E-state index contributed by atoms with van der Waals surface area (Å²) in [6, 6.07) is 17.7. The van der Waals surface area contributed by atoms with E-state index >= 15 is 0 Å². The van der Waals surface area contributed by atoms with Crippen molar-refractivity contribution in [2.24, 2.45) is 0 Å². The number of aryl methyl sites for hydroxylation is 1. The molecule has 120 valence electrons. The van der Waals surface area contributed by atoms with Crippen LogP contribution < -0.4 is 0 Å². The van der Waals surface area contributed by atoms with Crippen molar-refractivity contribution in [3.8, 4) is 22.4 Å². The van der Waals surface area contributed by atoms with E-state index in [1.165, 1.54) is 6.33 Å². The van der Waals surface area contributed by atoms with Crippen molar-refractivity contribution in [3.63, 3.8) is 0 Å². The van der Waals surface area contributed by atoms with Crippen molar-refractivity contribution >= 4 is 5.97 Å². The largest absolute Gasteiger partial charge is 0.461 e. The molecule has 0 aliphatic heterocycles. The molecular formula is C20H18N2O2. The van der Waals surface area contributed by atoms with Gasteiger partial charge in [-0.05, 0) is 19.4 Å². The van der Waals surface area contributed by atoms with E-state index in [9.17, 15) is 4.79 Å². The highest BCUT2D eigenvalue weighted by atomic mass is 16.5. The van der Waals surface area contributed by atoms with Gasteiger partial charge in [0.05, 0.1) is 12.3 Å². The van der Waals surface area contributed by atoms with Crippen LogP contribution in [0.1, 0.15) is 23.0 Å². The van der Waals surface area contributed by atoms with E-state index in [0.717, 1.165) is 22.4 Å². The number of aromatic nitrogens is 2. The monoisotopic (exact) mass is 318 g/mol. The summed E-state index contributed by atoms with van der Waals surface area (Å²) in [5.74, 6) is -0.437. The lowest BCUT2D eigenvalue weighted by Gasteiger charge is -2.13. The minimum atomic E-state index is -0.437. The summed E-state index contributed by atoms with van der Waals surface area (Å²) in [5, 5.41) is 0. The van der Waals surface area contributed by atoms with Crippen molar-refractivity contribution < 1.29 is 9.53 Å². The van der Waals surface area contributed by atoms with E-state index in [0.29, 0.717) is 12.2 Å². The van der Waals surface area contributed by atoms with Crippen LogP contribution in [-0.4, -0.2) is 22.5 Å². The first kappa shape index (κ1) is 15.9. The third-order valence-electron chi connectivity index (χ3n) is 3.70. The number of ether oxygens (including phenoxy) is 1. The summed E-state index contributed by atoms with van der Waals surface area (Å²) in [7, 11) is 0. The van der Waals surface area contributed by atoms with Gasteiger partial charge < -0.3 is 4.74 Å². The molecule has 0 saturated carbocycles. The zero-order chi connectivity index (χ0) is 16.9. The Kier molecular flexibility index (Phi) is 4.66. The first-order valence-corrected chi connectivity index (χ1v) is 7.85. The molecule has 4 nitrogen and oxygen atoms in total. The molecule has 3 aromatic rings. The first-order valence-electron chi connectivity index (χ1n) is 7.85. The van der Waals surface area contributed by atoms with Gasteiger partial charge in [-0.15, -0.1) is 0 Å². The van der Waals surface area contributed by atoms with Gasteiger partial charge in [-0.25, -0.2) is 14.8 Å². The zero-order valence-electron chi connectivity index (χ0n) is 13.7. The standard InChI is InChI=1S/C20H18N2O2/c1-3-24-20(23)19-17(15-11-9-14(2)10-12-15)18(21-13-22-19)16-7-5-4-6-8-16/h4-13H,3H2,1-2H3. The van der Waals surface area contributed by atoms with Crippen LogP contribution in [0.4, 0.5) is 0 Å². The molecule has 1 heterocycles. The van der Waals surface area contributed by atoms with Crippen LogP contribution in [0.5, 0.6) is 0 Å². The van der Waals surface area contributed by atoms with Crippen molar-refractivity contribution in [1.82, 2.24) is 9.97 Å². The molecule has 0 saturated heterocycles. The molecule has 0 spiro atoms. The predicted octanol–water partition coefficient (Wildman–Crippen LogP) is 4.30. The average molecular weight is 318 g/mol. The molecule has 0 N–H and O–H groups in total. The van der Waals surface area contributed by atoms with Gasteiger partial charge in [-0.3, -0.25) is 0 Å². The van der Waals surface area contributed by atoms with E-state index in [4.69, 9.17) is 4.74 Å². The van der Waals surface area contributed by atoms with Gasteiger partial charge in [0.15, 0.2) is 5.69 Å². The quantitative estimate of drug-likeness (QED) is 0.673. The van der Waals surface area contributed by atoms with E-state index < -0.39 is 5.97 Å². The maximum atomic E-state index is 12.4. The number of carbonyl (C=O) groups is 1. The second-order valence-electron chi connectivity index (χ2n) is 5.40. The molecule has 0 aliphatic carbocycles. The summed E-state index contributed by atoms with van der Waals surface area (Å²) < 4.78 is 5.18. The Morgan fingerprint density at radius 1 is 0.958 bits per heavy atom. The van der Waals surface area contributed by atoms with Crippen molar-refractivity contribution in [2.45, 2.75) is 13.8 Å². The minimum absolute atomic E-state index is 0.287. The van der Waals surface area contributed by atoms with Gasteiger partial charge in [0, 0.05) is 11.1 Å². The number of esters is 1. The van der Waals surface area contributed by atoms with Crippen LogP contribution in [0, 0.1) is 6.92 Å². The van der Waals surface area contributed by atoms with E-state index in [1.54, 1.807) is 6.92 Å². The minimum Gasteiger partial charge on any atom is -0.461 e. The third-order valence-corrected chi connectivity index (χ3v) is 3.70. The molecule has 0 bridgehead atoms. The van der Waals surface area contributed by atoms with E-state index in [1.807, 2.05) is 61.5 Å². The van der Waals surface area contributed by atoms with Gasteiger partial charge >= 0.3 is 5.97 Å². The highest BCUT2D eigenvalue weighted by Crippen LogP contribution is 2.32. The number of hydrogen-bond donors (Lipinski definition) is 0. The number of carbonyl (C=O) groups excluding carboxylic acids is 1. The lowest BCUT2D eigenvalue weighted by atomic mass is 9.97. The van der Waals surface area contributed by atoms with Crippen LogP contribution in [0.3, 0.4) is 0 Å². The number of rotatable bonds is 4. The van der Waals surface area contributed by atoms with Crippen LogP contribution in [0.2, 0.25) is 0 Å². The van der Waals surface area contributed by atoms with Gasteiger partial charge in [-0.1, -0.05) is 60.2 Å². The highest BCUT2D eigenvalue weighted by Gasteiger charge is 2.21. The Balaban J connectivity index is 2.24. The van der Waals surface area contributed by atoms with Crippen LogP contribution in [0.15, 0.2) is 60.9 Å². The van der Waals surface area contributed by atoms with Gasteiger partial charge in [-0.2, -0.15) is 0 Å². The number of hydrogen-bond acceptors (Lipinski definition) is 4. The summed E-state index contributed by atoms with van der Waals surface area (Å²) in [5.41, 5.74) is 4.67. The Labute approximate surface area is 141 Å². The maximum absolute atomic E-state index is 12.4. The summed E-state index contributed by atoms with van der Waals surface area (Å²) in [6.07, 6.45) is 1.41. The Hall–Kier alpha value is -3.01. The SMILES string of the molecule is CCOC(=O)c1ncnc(-c2ccccc2)c1-c1ccc(C)cc1. The Bertz CT molecular complexity index is 843. The summed E-state index contributed by atoms with van der Waals surface area (Å²) in [4.78, 5) is 21.0. The Morgan fingerprint density at radius 2 is 1.67 bits per heavy atom. The molecule has 0 unspecified atom stereocenters. The fourth-order valence-corrected chi connectivity index (χ4v) is 2.55. The molecule has 24 heavy (non-hydrogen) atoms. The van der Waals surface area contributed by atoms with Crippen LogP contribution >= 0.6 is 0 Å². The number of nitrogens with zero attached hydrogens (tertiary/aromatic N) is 2. The lowest BCUT2D eigenvalue weighted by Crippen LogP contribution is -2.10. The van der Waals surface area contributed by atoms with Crippen molar-refractivity contribution in [3.05, 3.63) is 72.2 Å². The molecule has 2 aromatic carbocycles. The molecule has 3 rings (SSSR count). The van der Waals surface area contributed by atoms with Crippen LogP contribution in [-0.2, 0) is 4.74 Å². The second kappa shape index (κ2) is 7.04. The summed E-state index contributed by atoms with van der Waals surface area (Å²) in [6.45, 7) is 4.11. The molecule has 4 heteroatoms. The smallest absolute Gasteiger partial charge is 0.357 e. The Morgan fingerprint density at radius 3 is 2.33 bits per heavy atom. The molecule has 0 aliphatic rings. The zero-order valence-corrected chi connectivity index (χ0v) is 13.7. The average Bonchev–Trinajstić information content (AvgIpc) is 2.63. The maximum Gasteiger partial charge on any atom is 0.357 e. The summed E-state index contributed by atoms with van der Waals surface area (Å²) >= 11 is 0. The van der Waals surface area contributed by atoms with Crippen molar-refractivity contribution in [1.29, 1.82) is 0 Å². The molecule has 0 radical (unpaired) electrons. The molecular weight excluding hydrogens is 300 g/mol. The topological polar surface area (TPSA) is 52.1 Å². The first-order chi connectivity index (χ1) is 11.7. The molecule has 0 fully saturated rings. The van der Waals surface area contributed by atoms with Crippen molar-refractivity contribution in [2.75, 3.05) is 6.61 Å². The highest BCUT2D eigenvalue weighted by molar-refractivity contribution is 5.99. The number of benzene rings is 2. The lowest BCUT2D eigenvalue weighted by molar-refractivity contribution is 0.0520. The third kappa shape index (κ3) is 3.18. The fraction of sp³-hybridized carbons (Fsp3) is 0.150. The molecule has 0 atom stereocenters. The van der Waals surface area contributed by atoms with E-state index in [-0.39, 0.29) is 5.69 Å². The van der Waals surface area contributed by atoms with Gasteiger partial charge in [0.1, 0.15) is 6.33 Å². The second-order valence-corrected chi connectivity index (χ2v) is 5.40. The van der Waals surface area contributed by atoms with Gasteiger partial charge in [0.2, 0.25) is 0 Å². The molecule has 1 aromatic heterocycles. The fourth-order valence-electron chi connectivity index (χ4n) is 2.55. The van der Waals surface area contributed by atoms with Crippen LogP contribution in [0.25, 0.3) is 22.4 Å². The predicted molar refractivity (Wildman–Crippen MR) is 93.6 cm³/mol. The normalized spacial score (nSPS) is 10.4. The van der Waals surface area contributed by atoms with E-state index in [2.05, 4.69) is 9.97 Å². The van der Waals surface area contributed by atoms with Gasteiger partial charge in [0.25, 0.3) is 0 Å². The molecule has 0 amide bonds.